The van der Waals surface area contributed by atoms with Gasteiger partial charge in [0.25, 0.3) is 5.91 Å². The molecule has 0 aromatic heterocycles. The Kier molecular flexibility index (Phi) is 6.23. The van der Waals surface area contributed by atoms with Gasteiger partial charge in [0, 0.05) is 12.0 Å². The van der Waals surface area contributed by atoms with Gasteiger partial charge in [-0.2, -0.15) is 0 Å². The number of benzene rings is 2. The van der Waals surface area contributed by atoms with Crippen molar-refractivity contribution in [2.24, 2.45) is 5.92 Å². The van der Waals surface area contributed by atoms with Crippen LogP contribution in [0.5, 0.6) is 0 Å². The van der Waals surface area contributed by atoms with E-state index in [1.165, 1.54) is 18.2 Å². The highest BCUT2D eigenvalue weighted by atomic mass is 35.5. The van der Waals surface area contributed by atoms with Crippen molar-refractivity contribution in [2.45, 2.75) is 6.42 Å². The highest BCUT2D eigenvalue weighted by molar-refractivity contribution is 6.33. The summed E-state index contributed by atoms with van der Waals surface area (Å²) in [6.07, 6.45) is -0.160. The lowest BCUT2D eigenvalue weighted by Crippen LogP contribution is -2.43. The molecule has 0 radical (unpaired) electrons. The zero-order chi connectivity index (χ0) is 21.0. The third-order valence-electron chi connectivity index (χ3n) is 4.33. The highest BCUT2D eigenvalue weighted by Gasteiger charge is 2.37. The van der Waals surface area contributed by atoms with Crippen LogP contribution in [0.1, 0.15) is 27.1 Å². The first-order chi connectivity index (χ1) is 13.8. The van der Waals surface area contributed by atoms with Crippen molar-refractivity contribution in [2.75, 3.05) is 13.2 Å². The molecule has 1 aliphatic rings. The number of hydrogen-bond acceptors (Lipinski definition) is 5. The molecular weight excluding hydrogens is 403 g/mol. The predicted octanol–water partition coefficient (Wildman–Crippen LogP) is 2.40. The second kappa shape index (κ2) is 8.83. The van der Waals surface area contributed by atoms with Crippen LogP contribution in [0.3, 0.4) is 0 Å². The van der Waals surface area contributed by atoms with E-state index in [4.69, 9.17) is 16.3 Å². The van der Waals surface area contributed by atoms with Gasteiger partial charge in [-0.1, -0.05) is 23.7 Å². The number of carbonyl (C=O) groups excluding carboxylic acids is 4. The minimum Gasteiger partial charge on any atom is -0.457 e. The number of Topliss-reactive ketones (excluding diaryl/α,β-unsaturated/α-hetero) is 1. The van der Waals surface area contributed by atoms with E-state index in [2.05, 4.69) is 5.43 Å². The molecule has 29 heavy (non-hydrogen) atoms. The molecule has 2 aromatic rings. The molecule has 9 heteroatoms. The fourth-order valence-corrected chi connectivity index (χ4v) is 3.00. The van der Waals surface area contributed by atoms with Crippen LogP contribution in [0.2, 0.25) is 5.02 Å². The molecule has 1 heterocycles. The van der Waals surface area contributed by atoms with Gasteiger partial charge in [0.1, 0.15) is 5.82 Å². The van der Waals surface area contributed by atoms with Crippen molar-refractivity contribution in [3.05, 3.63) is 70.5 Å². The summed E-state index contributed by atoms with van der Waals surface area (Å²) in [5, 5.41) is 1.26. The van der Waals surface area contributed by atoms with Crippen molar-refractivity contribution in [3.63, 3.8) is 0 Å². The Morgan fingerprint density at radius 3 is 2.52 bits per heavy atom. The van der Waals surface area contributed by atoms with E-state index in [1.807, 2.05) is 0 Å². The first kappa shape index (κ1) is 20.5. The molecule has 0 aliphatic carbocycles. The van der Waals surface area contributed by atoms with Gasteiger partial charge in [0.15, 0.2) is 12.4 Å². The van der Waals surface area contributed by atoms with Gasteiger partial charge in [-0.3, -0.25) is 29.6 Å². The lowest BCUT2D eigenvalue weighted by Gasteiger charge is -2.18. The summed E-state index contributed by atoms with van der Waals surface area (Å²) in [5.74, 6) is -3.58. The molecule has 1 N–H and O–H groups in total. The van der Waals surface area contributed by atoms with Gasteiger partial charge in [-0.05, 0) is 36.4 Å². The minimum absolute atomic E-state index is 0.0847. The molecule has 0 unspecified atom stereocenters. The molecule has 0 spiro atoms. The van der Waals surface area contributed by atoms with Gasteiger partial charge in [-0.25, -0.2) is 4.39 Å². The van der Waals surface area contributed by atoms with E-state index in [9.17, 15) is 23.6 Å². The van der Waals surface area contributed by atoms with Gasteiger partial charge in [-0.15, -0.1) is 0 Å². The first-order valence-corrected chi connectivity index (χ1v) is 9.04. The summed E-state index contributed by atoms with van der Waals surface area (Å²) in [6.45, 7) is -0.611. The maximum Gasteiger partial charge on any atom is 0.311 e. The van der Waals surface area contributed by atoms with Gasteiger partial charge >= 0.3 is 5.97 Å². The second-order valence-corrected chi connectivity index (χ2v) is 6.77. The third kappa shape index (κ3) is 4.97. The molecule has 1 saturated heterocycles. The third-order valence-corrected chi connectivity index (χ3v) is 4.65. The minimum atomic E-state index is -0.824. The Morgan fingerprint density at radius 2 is 1.83 bits per heavy atom. The summed E-state index contributed by atoms with van der Waals surface area (Å²) in [6, 6.07) is 11.2. The number of rotatable bonds is 6. The molecular formula is C20H16ClFN2O5. The highest BCUT2D eigenvalue weighted by Crippen LogP contribution is 2.19. The molecule has 1 fully saturated rings. The number of nitrogens with one attached hydrogen (secondary N) is 1. The predicted molar refractivity (Wildman–Crippen MR) is 100 cm³/mol. The maximum atomic E-state index is 12.9. The summed E-state index contributed by atoms with van der Waals surface area (Å²) >= 11 is 5.96. The van der Waals surface area contributed by atoms with Crippen LogP contribution < -0.4 is 5.43 Å². The average Bonchev–Trinajstić information content (AvgIpc) is 3.07. The number of amides is 2. The molecule has 1 atom stereocenters. The number of nitrogens with zero attached hydrogens (tertiary/aromatic N) is 1. The lowest BCUT2D eigenvalue weighted by molar-refractivity contribution is -0.147. The Balaban J connectivity index is 1.53. The zero-order valence-electron chi connectivity index (χ0n) is 15.1. The Bertz CT molecular complexity index is 964. The molecule has 7 nitrogen and oxygen atoms in total. The molecule has 3 rings (SSSR count). The normalized spacial score (nSPS) is 15.9. The summed E-state index contributed by atoms with van der Waals surface area (Å²) in [7, 11) is 0. The van der Waals surface area contributed by atoms with Gasteiger partial charge in [0.2, 0.25) is 5.91 Å². The standard InChI is InChI=1S/C20H16ClFN2O5/c21-16-4-2-1-3-15(16)19(27)23-24-10-13(9-18(24)26)20(28)29-11-17(25)12-5-7-14(22)8-6-12/h1-8,13H,9-11H2,(H,23,27)/t13-/m1/s1. The van der Waals surface area contributed by atoms with Crippen LogP contribution in [0, 0.1) is 11.7 Å². The first-order valence-electron chi connectivity index (χ1n) is 8.66. The number of halogens is 2. The lowest BCUT2D eigenvalue weighted by atomic mass is 10.1. The molecule has 2 aromatic carbocycles. The van der Waals surface area contributed by atoms with E-state index in [0.717, 1.165) is 17.1 Å². The van der Waals surface area contributed by atoms with Crippen molar-refractivity contribution in [3.8, 4) is 0 Å². The van der Waals surface area contributed by atoms with Crippen molar-refractivity contribution >= 4 is 35.2 Å². The van der Waals surface area contributed by atoms with Crippen molar-refractivity contribution in [1.29, 1.82) is 0 Å². The largest absolute Gasteiger partial charge is 0.457 e. The van der Waals surface area contributed by atoms with Crippen LogP contribution in [0.25, 0.3) is 0 Å². The Labute approximate surface area is 170 Å². The average molecular weight is 419 g/mol. The fourth-order valence-electron chi connectivity index (χ4n) is 2.78. The van der Waals surface area contributed by atoms with E-state index in [0.29, 0.717) is 0 Å². The van der Waals surface area contributed by atoms with E-state index >= 15 is 0 Å². The number of hydrazine groups is 1. The van der Waals surface area contributed by atoms with Gasteiger partial charge in [0.05, 0.1) is 23.0 Å². The fraction of sp³-hybridized carbons (Fsp3) is 0.200. The van der Waals surface area contributed by atoms with Crippen molar-refractivity contribution < 1.29 is 28.3 Å². The Hall–Kier alpha value is -3.26. The summed E-state index contributed by atoms with van der Waals surface area (Å²) < 4.78 is 17.9. The van der Waals surface area contributed by atoms with Crippen LogP contribution in [-0.4, -0.2) is 41.7 Å². The molecule has 0 bridgehead atoms. The zero-order valence-corrected chi connectivity index (χ0v) is 15.8. The quantitative estimate of drug-likeness (QED) is 0.574. The molecule has 2 amide bonds. The molecule has 1 aliphatic heterocycles. The monoisotopic (exact) mass is 418 g/mol. The maximum absolute atomic E-state index is 12.9. The van der Waals surface area contributed by atoms with Crippen LogP contribution >= 0.6 is 11.6 Å². The number of hydrogen-bond donors (Lipinski definition) is 1. The van der Waals surface area contributed by atoms with Crippen LogP contribution in [-0.2, 0) is 14.3 Å². The van der Waals surface area contributed by atoms with Gasteiger partial charge < -0.3 is 4.74 Å². The number of ketones is 1. The van der Waals surface area contributed by atoms with Crippen LogP contribution in [0.15, 0.2) is 48.5 Å². The number of ether oxygens (including phenoxy) is 1. The smallest absolute Gasteiger partial charge is 0.311 e. The molecule has 150 valence electrons. The Morgan fingerprint density at radius 1 is 1.14 bits per heavy atom. The van der Waals surface area contributed by atoms with Crippen LogP contribution in [0.4, 0.5) is 4.39 Å². The molecule has 0 saturated carbocycles. The van der Waals surface area contributed by atoms with Crippen molar-refractivity contribution in [1.82, 2.24) is 10.4 Å². The summed E-state index contributed by atoms with van der Waals surface area (Å²) in [5.41, 5.74) is 2.81. The number of esters is 1. The van der Waals surface area contributed by atoms with E-state index in [-0.39, 0.29) is 29.1 Å². The topological polar surface area (TPSA) is 92.8 Å². The second-order valence-electron chi connectivity index (χ2n) is 6.36. The SMILES string of the molecule is O=C(COC(=O)[C@@H]1CC(=O)N(NC(=O)c2ccccc2Cl)C1)c1ccc(F)cc1. The summed E-state index contributed by atoms with van der Waals surface area (Å²) in [4.78, 5) is 48.5. The number of carbonyl (C=O) groups is 4. The van der Waals surface area contributed by atoms with E-state index < -0.39 is 41.9 Å². The van der Waals surface area contributed by atoms with E-state index in [1.54, 1.807) is 18.2 Å².